The maximum absolute atomic E-state index is 12.2. The van der Waals surface area contributed by atoms with Crippen molar-refractivity contribution < 1.29 is 4.79 Å². The molecule has 2 N–H and O–H groups in total. The predicted octanol–water partition coefficient (Wildman–Crippen LogP) is 3.50. The minimum absolute atomic E-state index is 0.0266. The van der Waals surface area contributed by atoms with Crippen LogP contribution in [0.25, 0.3) is 0 Å². The molecule has 0 aliphatic carbocycles. The number of piperazine rings is 1. The molecule has 0 radical (unpaired) electrons. The van der Waals surface area contributed by atoms with Crippen LogP contribution >= 0.6 is 0 Å². The van der Waals surface area contributed by atoms with E-state index in [2.05, 4.69) is 71.7 Å². The molecule has 1 saturated heterocycles. The number of benzene rings is 2. The number of likely N-dealkylation sites (N-methyl/N-ethyl adjacent to an activating group) is 1. The minimum atomic E-state index is 0.0266. The fraction of sp³-hybridized carbons (Fsp3) is 0.409. The summed E-state index contributed by atoms with van der Waals surface area (Å²) in [6, 6.07) is 14.4. The van der Waals surface area contributed by atoms with Crippen LogP contribution in [0.1, 0.15) is 17.5 Å². The fourth-order valence-corrected chi connectivity index (χ4v) is 3.22. The Morgan fingerprint density at radius 3 is 2.26 bits per heavy atom. The van der Waals surface area contributed by atoms with Crippen LogP contribution in [0.2, 0.25) is 0 Å². The lowest BCUT2D eigenvalue weighted by atomic mass is 10.1. The molecule has 1 aliphatic heterocycles. The van der Waals surface area contributed by atoms with Gasteiger partial charge >= 0.3 is 0 Å². The first-order chi connectivity index (χ1) is 13.0. The van der Waals surface area contributed by atoms with Crippen molar-refractivity contribution in [2.75, 3.05) is 55.3 Å². The van der Waals surface area contributed by atoms with E-state index in [1.165, 1.54) is 16.8 Å². The SMILES string of the molecule is Cc1ccc(NCCC(=O)Nc2ccc(N3CCN(C)CC3)cc2)cc1C. The molecule has 0 atom stereocenters. The standard InChI is InChI=1S/C22H30N4O/c1-17-4-5-20(16-18(17)2)23-11-10-22(27)24-19-6-8-21(9-7-19)26-14-12-25(3)13-15-26/h4-9,16,23H,10-15H2,1-3H3,(H,24,27). The van der Waals surface area contributed by atoms with Crippen LogP contribution in [0.5, 0.6) is 0 Å². The summed E-state index contributed by atoms with van der Waals surface area (Å²) in [5.41, 5.74) is 5.66. The normalized spacial score (nSPS) is 14.9. The smallest absolute Gasteiger partial charge is 0.226 e. The van der Waals surface area contributed by atoms with E-state index in [1.54, 1.807) is 0 Å². The summed E-state index contributed by atoms with van der Waals surface area (Å²) in [5.74, 6) is 0.0266. The Morgan fingerprint density at radius 1 is 0.926 bits per heavy atom. The van der Waals surface area contributed by atoms with Crippen LogP contribution in [0.4, 0.5) is 17.1 Å². The molecule has 3 rings (SSSR count). The maximum atomic E-state index is 12.2. The van der Waals surface area contributed by atoms with Crippen molar-refractivity contribution in [3.05, 3.63) is 53.6 Å². The number of rotatable bonds is 6. The molecular formula is C22H30N4O. The molecule has 0 spiro atoms. The summed E-state index contributed by atoms with van der Waals surface area (Å²) in [6.45, 7) is 9.09. The molecule has 0 bridgehead atoms. The highest BCUT2D eigenvalue weighted by molar-refractivity contribution is 5.91. The van der Waals surface area contributed by atoms with Crippen molar-refractivity contribution in [1.82, 2.24) is 4.90 Å². The zero-order valence-corrected chi connectivity index (χ0v) is 16.6. The van der Waals surface area contributed by atoms with Crippen LogP contribution < -0.4 is 15.5 Å². The van der Waals surface area contributed by atoms with Crippen LogP contribution in [-0.2, 0) is 4.79 Å². The zero-order valence-electron chi connectivity index (χ0n) is 16.6. The summed E-state index contributed by atoms with van der Waals surface area (Å²) < 4.78 is 0. The van der Waals surface area contributed by atoms with Gasteiger partial charge < -0.3 is 20.4 Å². The number of hydrogen-bond acceptors (Lipinski definition) is 4. The Kier molecular flexibility index (Phi) is 6.35. The lowest BCUT2D eigenvalue weighted by Gasteiger charge is -2.34. The van der Waals surface area contributed by atoms with Crippen molar-refractivity contribution in [3.8, 4) is 0 Å². The molecule has 0 unspecified atom stereocenters. The average molecular weight is 367 g/mol. The van der Waals surface area contributed by atoms with Crippen LogP contribution in [-0.4, -0.2) is 50.6 Å². The lowest BCUT2D eigenvalue weighted by Crippen LogP contribution is -2.44. The van der Waals surface area contributed by atoms with Gasteiger partial charge in [0.05, 0.1) is 0 Å². The fourth-order valence-electron chi connectivity index (χ4n) is 3.22. The van der Waals surface area contributed by atoms with Crippen molar-refractivity contribution >= 4 is 23.0 Å². The number of carbonyl (C=O) groups excluding carboxylic acids is 1. The van der Waals surface area contributed by atoms with Gasteiger partial charge in [-0.1, -0.05) is 6.07 Å². The molecular weight excluding hydrogens is 336 g/mol. The number of aryl methyl sites for hydroxylation is 2. The van der Waals surface area contributed by atoms with Crippen molar-refractivity contribution in [2.24, 2.45) is 0 Å². The molecule has 144 valence electrons. The quantitative estimate of drug-likeness (QED) is 0.822. The molecule has 0 aromatic heterocycles. The van der Waals surface area contributed by atoms with Crippen LogP contribution in [0.15, 0.2) is 42.5 Å². The average Bonchev–Trinajstić information content (AvgIpc) is 2.66. The molecule has 1 amide bonds. The molecule has 5 heteroatoms. The van der Waals surface area contributed by atoms with E-state index in [4.69, 9.17) is 0 Å². The second-order valence-electron chi connectivity index (χ2n) is 7.36. The van der Waals surface area contributed by atoms with Gasteiger partial charge in [-0.25, -0.2) is 0 Å². The Balaban J connectivity index is 1.44. The number of nitrogens with zero attached hydrogens (tertiary/aromatic N) is 2. The Bertz CT molecular complexity index is 764. The van der Waals surface area contributed by atoms with E-state index in [9.17, 15) is 4.79 Å². The van der Waals surface area contributed by atoms with E-state index in [-0.39, 0.29) is 5.91 Å². The highest BCUT2D eigenvalue weighted by Crippen LogP contribution is 2.19. The van der Waals surface area contributed by atoms with Crippen molar-refractivity contribution in [1.29, 1.82) is 0 Å². The Hall–Kier alpha value is -2.53. The third-order valence-electron chi connectivity index (χ3n) is 5.21. The third kappa shape index (κ3) is 5.47. The predicted molar refractivity (Wildman–Crippen MR) is 114 cm³/mol. The van der Waals surface area contributed by atoms with Gasteiger partial charge in [0.15, 0.2) is 0 Å². The summed E-state index contributed by atoms with van der Waals surface area (Å²) in [6.07, 6.45) is 0.438. The zero-order chi connectivity index (χ0) is 19.2. The topological polar surface area (TPSA) is 47.6 Å². The van der Waals surface area contributed by atoms with E-state index >= 15 is 0 Å². The molecule has 5 nitrogen and oxygen atoms in total. The van der Waals surface area contributed by atoms with Gasteiger partial charge in [0.25, 0.3) is 0 Å². The second-order valence-corrected chi connectivity index (χ2v) is 7.36. The van der Waals surface area contributed by atoms with Crippen LogP contribution in [0, 0.1) is 13.8 Å². The van der Waals surface area contributed by atoms with Gasteiger partial charge in [0.2, 0.25) is 5.91 Å². The number of hydrogen-bond donors (Lipinski definition) is 2. The van der Waals surface area contributed by atoms with E-state index in [0.29, 0.717) is 13.0 Å². The van der Waals surface area contributed by atoms with Gasteiger partial charge in [-0.05, 0) is 68.4 Å². The summed E-state index contributed by atoms with van der Waals surface area (Å²) in [4.78, 5) is 16.9. The highest BCUT2D eigenvalue weighted by atomic mass is 16.1. The van der Waals surface area contributed by atoms with Gasteiger partial charge in [0.1, 0.15) is 0 Å². The largest absolute Gasteiger partial charge is 0.385 e. The number of amides is 1. The second kappa shape index (κ2) is 8.91. The minimum Gasteiger partial charge on any atom is -0.385 e. The Labute approximate surface area is 162 Å². The van der Waals surface area contributed by atoms with Gasteiger partial charge in [0, 0.05) is 56.2 Å². The maximum Gasteiger partial charge on any atom is 0.226 e. The molecule has 0 saturated carbocycles. The van der Waals surface area contributed by atoms with E-state index < -0.39 is 0 Å². The van der Waals surface area contributed by atoms with E-state index in [1.807, 2.05) is 12.1 Å². The van der Waals surface area contributed by atoms with E-state index in [0.717, 1.165) is 37.6 Å². The summed E-state index contributed by atoms with van der Waals surface area (Å²) >= 11 is 0. The van der Waals surface area contributed by atoms with Crippen molar-refractivity contribution in [2.45, 2.75) is 20.3 Å². The number of anilines is 3. The first kappa shape index (κ1) is 19.2. The number of nitrogens with one attached hydrogen (secondary N) is 2. The molecule has 2 aromatic carbocycles. The Morgan fingerprint density at radius 2 is 1.59 bits per heavy atom. The van der Waals surface area contributed by atoms with Crippen molar-refractivity contribution in [3.63, 3.8) is 0 Å². The third-order valence-corrected chi connectivity index (χ3v) is 5.21. The summed E-state index contributed by atoms with van der Waals surface area (Å²) in [5, 5.41) is 6.29. The molecule has 1 aliphatic rings. The first-order valence-corrected chi connectivity index (χ1v) is 9.66. The molecule has 2 aromatic rings. The molecule has 1 fully saturated rings. The van der Waals surface area contributed by atoms with Crippen LogP contribution in [0.3, 0.4) is 0 Å². The van der Waals surface area contributed by atoms with Gasteiger partial charge in [-0.15, -0.1) is 0 Å². The lowest BCUT2D eigenvalue weighted by molar-refractivity contribution is -0.115. The molecule has 1 heterocycles. The number of carbonyl (C=O) groups is 1. The first-order valence-electron chi connectivity index (χ1n) is 9.66. The molecule has 27 heavy (non-hydrogen) atoms. The van der Waals surface area contributed by atoms with Gasteiger partial charge in [-0.3, -0.25) is 4.79 Å². The summed E-state index contributed by atoms with van der Waals surface area (Å²) in [7, 11) is 2.16. The van der Waals surface area contributed by atoms with Gasteiger partial charge in [-0.2, -0.15) is 0 Å². The highest BCUT2D eigenvalue weighted by Gasteiger charge is 2.14. The monoisotopic (exact) mass is 366 g/mol.